The minimum Gasteiger partial charge on any atom is -0.361 e. The van der Waals surface area contributed by atoms with Crippen LogP contribution in [0.25, 0.3) is 10.9 Å². The van der Waals surface area contributed by atoms with E-state index in [-0.39, 0.29) is 12.6 Å². The lowest BCUT2D eigenvalue weighted by atomic mass is 10.0. The molecule has 1 N–H and O–H groups in total. The van der Waals surface area contributed by atoms with E-state index < -0.39 is 12.6 Å². The topological polar surface area (TPSA) is 19.0 Å². The molecule has 1 aromatic heterocycles. The van der Waals surface area contributed by atoms with Crippen LogP contribution in [-0.2, 0) is 6.42 Å². The lowest BCUT2D eigenvalue weighted by Gasteiger charge is -2.24. The molecule has 23 heavy (non-hydrogen) atoms. The number of nitrogens with one attached hydrogen (secondary N) is 1. The molecule has 6 heteroatoms. The molecule has 0 spiro atoms. The Hall–Kier alpha value is -1.14. The molecule has 2 heterocycles. The summed E-state index contributed by atoms with van der Waals surface area (Å²) in [7, 11) is 0. The van der Waals surface area contributed by atoms with E-state index in [4.69, 9.17) is 0 Å². The smallest absolute Gasteiger partial charge is 0.361 e. The van der Waals surface area contributed by atoms with Crippen molar-refractivity contribution in [2.75, 3.05) is 19.3 Å². The van der Waals surface area contributed by atoms with Gasteiger partial charge in [-0.3, -0.25) is 4.90 Å². The Morgan fingerprint density at radius 3 is 2.91 bits per heavy atom. The number of hydrogen-bond acceptors (Lipinski definition) is 2. The molecule has 0 radical (unpaired) electrons. The van der Waals surface area contributed by atoms with E-state index >= 15 is 0 Å². The monoisotopic (exact) mass is 342 g/mol. The molecular formula is C17H21F3N2S. The van der Waals surface area contributed by atoms with Crippen molar-refractivity contribution in [3.05, 3.63) is 30.0 Å². The molecule has 1 aliphatic rings. The van der Waals surface area contributed by atoms with Crippen LogP contribution in [0.2, 0.25) is 0 Å². The standard InChI is InChI=1S/C17H21F3N2S/c1-23-14-4-5-16-15(10-14)12(11-21-16)9-13-3-2-7-22(13)8-6-17(18,19)20/h4-5,10-11,13,21H,2-3,6-9H2,1H3. The predicted octanol–water partition coefficient (Wildman–Crippen LogP) is 4.85. The van der Waals surface area contributed by atoms with Gasteiger partial charge in [0.2, 0.25) is 0 Å². The van der Waals surface area contributed by atoms with E-state index in [1.54, 1.807) is 11.8 Å². The van der Waals surface area contributed by atoms with Gasteiger partial charge in [-0.05, 0) is 55.8 Å². The molecule has 0 aliphatic carbocycles. The maximum absolute atomic E-state index is 12.5. The van der Waals surface area contributed by atoms with Crippen molar-refractivity contribution < 1.29 is 13.2 Å². The zero-order valence-corrected chi connectivity index (χ0v) is 13.9. The van der Waals surface area contributed by atoms with Crippen LogP contribution in [0.5, 0.6) is 0 Å². The summed E-state index contributed by atoms with van der Waals surface area (Å²) in [4.78, 5) is 6.49. The van der Waals surface area contributed by atoms with Crippen LogP contribution in [0.15, 0.2) is 29.3 Å². The first-order chi connectivity index (χ1) is 11.0. The fraction of sp³-hybridized carbons (Fsp3) is 0.529. The summed E-state index contributed by atoms with van der Waals surface area (Å²) in [5, 5.41) is 1.19. The van der Waals surface area contributed by atoms with Crippen LogP contribution in [-0.4, -0.2) is 41.4 Å². The number of benzene rings is 1. The van der Waals surface area contributed by atoms with E-state index in [1.807, 2.05) is 17.4 Å². The number of hydrogen-bond donors (Lipinski definition) is 1. The Bertz CT molecular complexity index is 665. The van der Waals surface area contributed by atoms with Crippen LogP contribution in [0, 0.1) is 0 Å². The summed E-state index contributed by atoms with van der Waals surface area (Å²) in [6.07, 6.45) is 2.05. The predicted molar refractivity (Wildman–Crippen MR) is 89.1 cm³/mol. The van der Waals surface area contributed by atoms with Gasteiger partial charge in [-0.2, -0.15) is 13.2 Å². The molecule has 1 fully saturated rings. The van der Waals surface area contributed by atoms with Crippen molar-refractivity contribution in [1.82, 2.24) is 9.88 Å². The summed E-state index contributed by atoms with van der Waals surface area (Å²) < 4.78 is 37.4. The van der Waals surface area contributed by atoms with Gasteiger partial charge in [0.25, 0.3) is 0 Å². The number of halogens is 3. The largest absolute Gasteiger partial charge is 0.390 e. The average molecular weight is 342 g/mol. The van der Waals surface area contributed by atoms with Gasteiger partial charge in [0.05, 0.1) is 6.42 Å². The van der Waals surface area contributed by atoms with Gasteiger partial charge in [0, 0.05) is 34.6 Å². The van der Waals surface area contributed by atoms with Crippen LogP contribution in [0.4, 0.5) is 13.2 Å². The number of alkyl halides is 3. The Morgan fingerprint density at radius 1 is 1.35 bits per heavy atom. The molecule has 1 saturated heterocycles. The van der Waals surface area contributed by atoms with Crippen LogP contribution in [0.3, 0.4) is 0 Å². The number of aromatic nitrogens is 1. The molecule has 0 bridgehead atoms. The Kier molecular flexibility index (Phi) is 4.92. The van der Waals surface area contributed by atoms with Crippen molar-refractivity contribution in [3.8, 4) is 0 Å². The van der Waals surface area contributed by atoms with E-state index in [9.17, 15) is 13.2 Å². The fourth-order valence-corrected chi connectivity index (χ4v) is 3.84. The highest BCUT2D eigenvalue weighted by atomic mass is 32.2. The maximum atomic E-state index is 12.5. The molecule has 0 saturated carbocycles. The fourth-order valence-electron chi connectivity index (χ4n) is 3.40. The SMILES string of the molecule is CSc1ccc2[nH]cc(CC3CCCN3CCC(F)(F)F)c2c1. The van der Waals surface area contributed by atoms with Gasteiger partial charge in [-0.25, -0.2) is 0 Å². The lowest BCUT2D eigenvalue weighted by molar-refractivity contribution is -0.138. The van der Waals surface area contributed by atoms with Crippen molar-refractivity contribution >= 4 is 22.7 Å². The highest BCUT2D eigenvalue weighted by Crippen LogP contribution is 2.29. The van der Waals surface area contributed by atoms with Crippen molar-refractivity contribution in [1.29, 1.82) is 0 Å². The second-order valence-electron chi connectivity index (χ2n) is 6.13. The van der Waals surface area contributed by atoms with E-state index in [0.29, 0.717) is 0 Å². The minimum atomic E-state index is -4.07. The Labute approximate surface area is 138 Å². The first-order valence-corrected chi connectivity index (χ1v) is 9.13. The number of likely N-dealkylation sites (tertiary alicyclic amines) is 1. The number of thioether (sulfide) groups is 1. The van der Waals surface area contributed by atoms with Crippen molar-refractivity contribution in [2.45, 2.75) is 42.8 Å². The highest BCUT2D eigenvalue weighted by molar-refractivity contribution is 7.98. The zero-order valence-electron chi connectivity index (χ0n) is 13.1. The Balaban J connectivity index is 1.73. The molecule has 126 valence electrons. The number of rotatable bonds is 5. The van der Waals surface area contributed by atoms with E-state index in [0.717, 1.165) is 31.3 Å². The second-order valence-corrected chi connectivity index (χ2v) is 7.01. The quantitative estimate of drug-likeness (QED) is 0.784. The summed E-state index contributed by atoms with van der Waals surface area (Å²) in [6.45, 7) is 0.895. The van der Waals surface area contributed by atoms with Gasteiger partial charge in [-0.15, -0.1) is 11.8 Å². The summed E-state index contributed by atoms with van der Waals surface area (Å²) >= 11 is 1.70. The Morgan fingerprint density at radius 2 is 2.17 bits per heavy atom. The molecule has 1 unspecified atom stereocenters. The summed E-state index contributed by atoms with van der Waals surface area (Å²) in [5.74, 6) is 0. The third-order valence-electron chi connectivity index (χ3n) is 4.61. The third-order valence-corrected chi connectivity index (χ3v) is 5.34. The van der Waals surface area contributed by atoms with E-state index in [2.05, 4.69) is 23.2 Å². The van der Waals surface area contributed by atoms with Gasteiger partial charge < -0.3 is 4.98 Å². The van der Waals surface area contributed by atoms with E-state index in [1.165, 1.54) is 15.8 Å². The molecule has 2 nitrogen and oxygen atoms in total. The van der Waals surface area contributed by atoms with Crippen molar-refractivity contribution in [3.63, 3.8) is 0 Å². The normalized spacial score (nSPS) is 19.7. The van der Waals surface area contributed by atoms with Crippen LogP contribution >= 0.6 is 11.8 Å². The third kappa shape index (κ3) is 4.04. The first kappa shape index (κ1) is 16.7. The summed E-state index contributed by atoms with van der Waals surface area (Å²) in [6, 6.07) is 6.54. The van der Waals surface area contributed by atoms with Gasteiger partial charge in [0.15, 0.2) is 0 Å². The van der Waals surface area contributed by atoms with Crippen molar-refractivity contribution in [2.24, 2.45) is 0 Å². The molecular weight excluding hydrogens is 321 g/mol. The molecule has 3 rings (SSSR count). The number of aromatic amines is 1. The highest BCUT2D eigenvalue weighted by Gasteiger charge is 2.31. The zero-order chi connectivity index (χ0) is 16.4. The van der Waals surface area contributed by atoms with Gasteiger partial charge in [-0.1, -0.05) is 0 Å². The molecule has 0 amide bonds. The molecule has 2 aromatic rings. The average Bonchev–Trinajstić information content (AvgIpc) is 3.11. The van der Waals surface area contributed by atoms with Gasteiger partial charge >= 0.3 is 6.18 Å². The lowest BCUT2D eigenvalue weighted by Crippen LogP contribution is -2.34. The molecule has 1 atom stereocenters. The summed E-state index contributed by atoms with van der Waals surface area (Å²) in [5.41, 5.74) is 2.30. The maximum Gasteiger partial charge on any atom is 0.390 e. The van der Waals surface area contributed by atoms with Crippen LogP contribution in [0.1, 0.15) is 24.8 Å². The first-order valence-electron chi connectivity index (χ1n) is 7.91. The number of fused-ring (bicyclic) bond motifs is 1. The molecule has 1 aromatic carbocycles. The number of H-pyrrole nitrogens is 1. The minimum absolute atomic E-state index is 0.118. The van der Waals surface area contributed by atoms with Gasteiger partial charge in [0.1, 0.15) is 0 Å². The number of nitrogens with zero attached hydrogens (tertiary/aromatic N) is 1. The molecule has 1 aliphatic heterocycles. The second kappa shape index (κ2) is 6.77. The van der Waals surface area contributed by atoms with Crippen LogP contribution < -0.4 is 0 Å².